The van der Waals surface area contributed by atoms with Crippen LogP contribution in [0.5, 0.6) is 0 Å². The molecule has 0 amide bonds. The van der Waals surface area contributed by atoms with Crippen molar-refractivity contribution in [2.75, 3.05) is 26.2 Å². The molecular formula is C13H28N2. The van der Waals surface area contributed by atoms with Crippen molar-refractivity contribution in [3.8, 4) is 0 Å². The standard InChI is InChI=1S/C13H28N2/c1-11(2)8-14-9-13-6-5-7-15(13)10-12(3)4/h11-14H,5-10H2,1-4H3/t13-/m0/s1. The average Bonchev–Trinajstić information content (AvgIpc) is 2.51. The van der Waals surface area contributed by atoms with Crippen LogP contribution in [0.1, 0.15) is 40.5 Å². The van der Waals surface area contributed by atoms with Crippen LogP contribution >= 0.6 is 0 Å². The molecule has 15 heavy (non-hydrogen) atoms. The van der Waals surface area contributed by atoms with E-state index in [2.05, 4.69) is 37.9 Å². The highest BCUT2D eigenvalue weighted by Gasteiger charge is 2.24. The molecule has 1 rings (SSSR count). The Kier molecular flexibility index (Phi) is 5.62. The summed E-state index contributed by atoms with van der Waals surface area (Å²) in [6.07, 6.45) is 2.78. The van der Waals surface area contributed by atoms with Gasteiger partial charge in [0.15, 0.2) is 0 Å². The van der Waals surface area contributed by atoms with Crippen molar-refractivity contribution < 1.29 is 0 Å². The normalized spacial score (nSPS) is 23.2. The molecule has 0 aromatic heterocycles. The van der Waals surface area contributed by atoms with Gasteiger partial charge in [-0.15, -0.1) is 0 Å². The van der Waals surface area contributed by atoms with Gasteiger partial charge in [0.05, 0.1) is 0 Å². The Morgan fingerprint density at radius 2 is 1.93 bits per heavy atom. The minimum absolute atomic E-state index is 0.768. The summed E-state index contributed by atoms with van der Waals surface area (Å²) >= 11 is 0. The summed E-state index contributed by atoms with van der Waals surface area (Å²) in [5, 5.41) is 3.59. The largest absolute Gasteiger partial charge is 0.315 e. The first-order valence-corrected chi connectivity index (χ1v) is 6.54. The van der Waals surface area contributed by atoms with Crippen LogP contribution in [-0.4, -0.2) is 37.1 Å². The smallest absolute Gasteiger partial charge is 0.0221 e. The van der Waals surface area contributed by atoms with Crippen molar-refractivity contribution in [1.82, 2.24) is 10.2 Å². The lowest BCUT2D eigenvalue weighted by Gasteiger charge is -2.26. The number of hydrogen-bond donors (Lipinski definition) is 1. The van der Waals surface area contributed by atoms with Crippen LogP contribution < -0.4 is 5.32 Å². The topological polar surface area (TPSA) is 15.3 Å². The van der Waals surface area contributed by atoms with Gasteiger partial charge in [0.1, 0.15) is 0 Å². The fourth-order valence-corrected chi connectivity index (χ4v) is 2.37. The monoisotopic (exact) mass is 212 g/mol. The molecule has 1 atom stereocenters. The molecule has 1 aliphatic rings. The molecule has 0 aromatic rings. The zero-order valence-electron chi connectivity index (χ0n) is 10.9. The Labute approximate surface area is 95.4 Å². The third-order valence-corrected chi connectivity index (χ3v) is 3.03. The number of nitrogens with one attached hydrogen (secondary N) is 1. The number of likely N-dealkylation sites (tertiary alicyclic amines) is 1. The molecule has 1 aliphatic heterocycles. The molecule has 0 radical (unpaired) electrons. The van der Waals surface area contributed by atoms with E-state index in [4.69, 9.17) is 0 Å². The summed E-state index contributed by atoms with van der Waals surface area (Å²) in [6.45, 7) is 14.1. The van der Waals surface area contributed by atoms with Crippen LogP contribution in [0.4, 0.5) is 0 Å². The van der Waals surface area contributed by atoms with Gasteiger partial charge in [-0.3, -0.25) is 4.90 Å². The van der Waals surface area contributed by atoms with E-state index >= 15 is 0 Å². The van der Waals surface area contributed by atoms with Gasteiger partial charge >= 0.3 is 0 Å². The summed E-state index contributed by atoms with van der Waals surface area (Å²) in [5.74, 6) is 1.57. The maximum atomic E-state index is 3.59. The van der Waals surface area contributed by atoms with Gasteiger partial charge in [-0.25, -0.2) is 0 Å². The van der Waals surface area contributed by atoms with Gasteiger partial charge in [0, 0.05) is 19.1 Å². The molecule has 1 saturated heterocycles. The van der Waals surface area contributed by atoms with E-state index in [1.807, 2.05) is 0 Å². The van der Waals surface area contributed by atoms with Crippen molar-refractivity contribution in [1.29, 1.82) is 0 Å². The van der Waals surface area contributed by atoms with Crippen molar-refractivity contribution in [3.05, 3.63) is 0 Å². The molecule has 90 valence electrons. The second-order valence-electron chi connectivity index (χ2n) is 5.74. The van der Waals surface area contributed by atoms with Gasteiger partial charge in [0.2, 0.25) is 0 Å². The molecule has 0 aliphatic carbocycles. The Morgan fingerprint density at radius 3 is 2.53 bits per heavy atom. The van der Waals surface area contributed by atoms with E-state index in [0.717, 1.165) is 24.4 Å². The Morgan fingerprint density at radius 1 is 1.20 bits per heavy atom. The SMILES string of the molecule is CC(C)CNC[C@@H]1CCCN1CC(C)C. The zero-order chi connectivity index (χ0) is 11.3. The Hall–Kier alpha value is -0.0800. The highest BCUT2D eigenvalue weighted by atomic mass is 15.2. The average molecular weight is 212 g/mol. The van der Waals surface area contributed by atoms with Crippen molar-refractivity contribution >= 4 is 0 Å². The molecule has 1 N–H and O–H groups in total. The second kappa shape index (κ2) is 6.49. The molecule has 0 bridgehead atoms. The predicted molar refractivity (Wildman–Crippen MR) is 67.1 cm³/mol. The first kappa shape index (κ1) is 13.0. The van der Waals surface area contributed by atoms with Gasteiger partial charge in [0.25, 0.3) is 0 Å². The first-order valence-electron chi connectivity index (χ1n) is 6.54. The van der Waals surface area contributed by atoms with Crippen LogP contribution in [-0.2, 0) is 0 Å². The minimum Gasteiger partial charge on any atom is -0.315 e. The predicted octanol–water partition coefficient (Wildman–Crippen LogP) is 2.35. The molecular weight excluding hydrogens is 184 g/mol. The molecule has 2 heteroatoms. The highest BCUT2D eigenvalue weighted by Crippen LogP contribution is 2.17. The lowest BCUT2D eigenvalue weighted by Crippen LogP contribution is -2.40. The van der Waals surface area contributed by atoms with E-state index in [1.165, 1.54) is 32.5 Å². The van der Waals surface area contributed by atoms with E-state index in [9.17, 15) is 0 Å². The van der Waals surface area contributed by atoms with Gasteiger partial charge in [-0.2, -0.15) is 0 Å². The van der Waals surface area contributed by atoms with Gasteiger partial charge < -0.3 is 5.32 Å². The minimum atomic E-state index is 0.768. The second-order valence-corrected chi connectivity index (χ2v) is 5.74. The van der Waals surface area contributed by atoms with Crippen LogP contribution in [0, 0.1) is 11.8 Å². The van der Waals surface area contributed by atoms with Gasteiger partial charge in [-0.05, 0) is 37.8 Å². The van der Waals surface area contributed by atoms with Crippen LogP contribution in [0.25, 0.3) is 0 Å². The zero-order valence-corrected chi connectivity index (χ0v) is 10.9. The summed E-state index contributed by atoms with van der Waals surface area (Å²) < 4.78 is 0. The number of rotatable bonds is 6. The number of hydrogen-bond acceptors (Lipinski definition) is 2. The molecule has 0 spiro atoms. The Bertz CT molecular complexity index is 166. The molecule has 1 heterocycles. The fraction of sp³-hybridized carbons (Fsp3) is 1.00. The van der Waals surface area contributed by atoms with Crippen molar-refractivity contribution in [2.45, 2.75) is 46.6 Å². The molecule has 0 saturated carbocycles. The van der Waals surface area contributed by atoms with Gasteiger partial charge in [-0.1, -0.05) is 27.7 Å². The van der Waals surface area contributed by atoms with Crippen LogP contribution in [0.15, 0.2) is 0 Å². The maximum Gasteiger partial charge on any atom is 0.0221 e. The third kappa shape index (κ3) is 4.98. The van der Waals surface area contributed by atoms with E-state index in [1.54, 1.807) is 0 Å². The molecule has 0 unspecified atom stereocenters. The van der Waals surface area contributed by atoms with Crippen LogP contribution in [0.2, 0.25) is 0 Å². The number of nitrogens with zero attached hydrogens (tertiary/aromatic N) is 1. The fourth-order valence-electron chi connectivity index (χ4n) is 2.37. The van der Waals surface area contributed by atoms with Crippen molar-refractivity contribution in [2.24, 2.45) is 11.8 Å². The van der Waals surface area contributed by atoms with E-state index in [0.29, 0.717) is 0 Å². The van der Waals surface area contributed by atoms with Crippen LogP contribution in [0.3, 0.4) is 0 Å². The van der Waals surface area contributed by atoms with E-state index < -0.39 is 0 Å². The van der Waals surface area contributed by atoms with Crippen molar-refractivity contribution in [3.63, 3.8) is 0 Å². The maximum absolute atomic E-state index is 3.59. The van der Waals surface area contributed by atoms with E-state index in [-0.39, 0.29) is 0 Å². The Balaban J connectivity index is 2.21. The molecule has 2 nitrogen and oxygen atoms in total. The third-order valence-electron chi connectivity index (χ3n) is 3.03. The highest BCUT2D eigenvalue weighted by molar-refractivity contribution is 4.81. The molecule has 0 aromatic carbocycles. The first-order chi connectivity index (χ1) is 7.09. The quantitative estimate of drug-likeness (QED) is 0.727. The lowest BCUT2D eigenvalue weighted by molar-refractivity contribution is 0.220. The summed E-state index contributed by atoms with van der Waals surface area (Å²) in [7, 11) is 0. The molecule has 1 fully saturated rings. The summed E-state index contributed by atoms with van der Waals surface area (Å²) in [4.78, 5) is 2.66. The summed E-state index contributed by atoms with van der Waals surface area (Å²) in [5.41, 5.74) is 0. The summed E-state index contributed by atoms with van der Waals surface area (Å²) in [6, 6.07) is 0.797. The lowest BCUT2D eigenvalue weighted by atomic mass is 10.1.